The molecule has 1 unspecified atom stereocenters. The number of aliphatic hydroxyl groups is 1. The zero-order chi connectivity index (χ0) is 23.9. The molecule has 0 bridgehead atoms. The van der Waals surface area contributed by atoms with Crippen LogP contribution in [0.4, 0.5) is 4.39 Å². The van der Waals surface area contributed by atoms with E-state index in [0.29, 0.717) is 18.4 Å². The zero-order valence-corrected chi connectivity index (χ0v) is 19.1. The molecule has 1 fully saturated rings. The lowest BCUT2D eigenvalue weighted by Crippen LogP contribution is -2.44. The molecule has 172 valence electrons. The summed E-state index contributed by atoms with van der Waals surface area (Å²) in [6, 6.07) is 13.7. The summed E-state index contributed by atoms with van der Waals surface area (Å²) in [4.78, 5) is 11.8. The van der Waals surface area contributed by atoms with Gasteiger partial charge in [-0.3, -0.25) is 4.79 Å². The molecule has 2 aliphatic carbocycles. The summed E-state index contributed by atoms with van der Waals surface area (Å²) in [5.74, 6) is 5.70. The van der Waals surface area contributed by atoms with Crippen LogP contribution in [0.25, 0.3) is 11.8 Å². The van der Waals surface area contributed by atoms with Crippen molar-refractivity contribution in [3.8, 4) is 17.5 Å². The minimum absolute atomic E-state index is 0.133. The number of carbonyl (C=O) groups excluding carboxylic acids is 1. The molecule has 0 amide bonds. The van der Waals surface area contributed by atoms with E-state index in [4.69, 9.17) is 4.74 Å². The highest BCUT2D eigenvalue weighted by Crippen LogP contribution is 2.55. The van der Waals surface area contributed by atoms with Crippen molar-refractivity contribution in [1.82, 2.24) is 9.78 Å². The van der Waals surface area contributed by atoms with Crippen LogP contribution in [0.2, 0.25) is 0 Å². The first kappa shape index (κ1) is 22.1. The van der Waals surface area contributed by atoms with E-state index in [1.54, 1.807) is 12.1 Å². The first-order valence-corrected chi connectivity index (χ1v) is 11.3. The van der Waals surface area contributed by atoms with Crippen LogP contribution in [-0.4, -0.2) is 33.6 Å². The standard InChI is InChI=1S/C28H25FN2O3/c1-27-17-21-18-30-31(24-9-7-23(29)8-10-24)25(21)16-22(27)12-14-28(27,33)13-11-19-5-3-4-6-20(19)15-26(32)34-2/h3-10,16,18,33H,12,14-15,17H2,1-2H3/t27?,28-/m0/s1. The van der Waals surface area contributed by atoms with Gasteiger partial charge < -0.3 is 9.84 Å². The Labute approximate surface area is 197 Å². The Balaban J connectivity index is 1.48. The normalized spacial score (nSPS) is 22.8. The van der Waals surface area contributed by atoms with Crippen molar-refractivity contribution in [2.24, 2.45) is 5.41 Å². The van der Waals surface area contributed by atoms with Crippen molar-refractivity contribution in [1.29, 1.82) is 0 Å². The number of benzene rings is 2. The smallest absolute Gasteiger partial charge is 0.310 e. The highest BCUT2D eigenvalue weighted by atomic mass is 19.1. The van der Waals surface area contributed by atoms with Crippen LogP contribution in [0.1, 0.15) is 42.1 Å². The number of hydrogen-bond donors (Lipinski definition) is 1. The lowest BCUT2D eigenvalue weighted by Gasteiger charge is -2.39. The Morgan fingerprint density at radius 3 is 2.76 bits per heavy atom. The predicted octanol–water partition coefficient (Wildman–Crippen LogP) is 4.25. The number of methoxy groups -OCH3 is 1. The summed E-state index contributed by atoms with van der Waals surface area (Å²) < 4.78 is 20.0. The lowest BCUT2D eigenvalue weighted by atomic mass is 9.67. The molecule has 0 aliphatic heterocycles. The number of rotatable bonds is 3. The molecule has 3 aromatic rings. The van der Waals surface area contributed by atoms with Gasteiger partial charge in [-0.15, -0.1) is 0 Å². The van der Waals surface area contributed by atoms with Gasteiger partial charge in [-0.1, -0.05) is 42.5 Å². The van der Waals surface area contributed by atoms with Crippen molar-refractivity contribution in [2.75, 3.05) is 7.11 Å². The van der Waals surface area contributed by atoms with Gasteiger partial charge in [-0.25, -0.2) is 9.07 Å². The molecule has 5 rings (SSSR count). The lowest BCUT2D eigenvalue weighted by molar-refractivity contribution is -0.139. The molecule has 6 heteroatoms. The highest BCUT2D eigenvalue weighted by Gasteiger charge is 2.54. The molecular formula is C28H25FN2O3. The molecule has 5 nitrogen and oxygen atoms in total. The summed E-state index contributed by atoms with van der Waals surface area (Å²) >= 11 is 0. The van der Waals surface area contributed by atoms with Gasteiger partial charge in [0.05, 0.1) is 31.1 Å². The molecule has 0 spiro atoms. The largest absolute Gasteiger partial charge is 0.469 e. The minimum atomic E-state index is -1.22. The first-order chi connectivity index (χ1) is 16.3. The molecule has 2 aromatic carbocycles. The van der Waals surface area contributed by atoms with Gasteiger partial charge in [0.2, 0.25) is 0 Å². The number of nitrogens with zero attached hydrogens (tertiary/aromatic N) is 2. The first-order valence-electron chi connectivity index (χ1n) is 11.3. The van der Waals surface area contributed by atoms with Crippen molar-refractivity contribution >= 4 is 12.0 Å². The molecule has 2 aliphatic rings. The van der Waals surface area contributed by atoms with E-state index in [1.165, 1.54) is 19.2 Å². The third-order valence-corrected chi connectivity index (χ3v) is 7.17. The number of aromatic nitrogens is 2. The second-order valence-corrected chi connectivity index (χ2v) is 9.14. The van der Waals surface area contributed by atoms with Gasteiger partial charge in [-0.2, -0.15) is 5.10 Å². The van der Waals surface area contributed by atoms with E-state index in [2.05, 4.69) is 29.9 Å². The third-order valence-electron chi connectivity index (χ3n) is 7.17. The Morgan fingerprint density at radius 2 is 2.00 bits per heavy atom. The Hall–Kier alpha value is -3.69. The van der Waals surface area contributed by atoms with Crippen molar-refractivity contribution in [3.05, 3.63) is 88.5 Å². The van der Waals surface area contributed by atoms with E-state index in [9.17, 15) is 14.3 Å². The summed E-state index contributed by atoms with van der Waals surface area (Å²) in [7, 11) is 1.36. The molecule has 34 heavy (non-hydrogen) atoms. The number of carbonyl (C=O) groups is 1. The molecule has 0 radical (unpaired) electrons. The maximum atomic E-state index is 13.4. The molecule has 1 N–H and O–H groups in total. The Morgan fingerprint density at radius 1 is 1.24 bits per heavy atom. The van der Waals surface area contributed by atoms with Crippen LogP contribution < -0.4 is 0 Å². The number of hydrogen-bond acceptors (Lipinski definition) is 4. The van der Waals surface area contributed by atoms with E-state index < -0.39 is 11.0 Å². The fourth-order valence-electron chi connectivity index (χ4n) is 5.04. The SMILES string of the molecule is COC(=O)Cc1ccccc1C#C[C@]1(O)CCC2=Cc3c(cnn3-c3ccc(F)cc3)CC21C. The van der Waals surface area contributed by atoms with E-state index >= 15 is 0 Å². The molecule has 0 saturated heterocycles. The van der Waals surface area contributed by atoms with Crippen molar-refractivity contribution < 1.29 is 19.0 Å². The molecular weight excluding hydrogens is 431 g/mol. The monoisotopic (exact) mass is 456 g/mol. The van der Waals surface area contributed by atoms with Crippen molar-refractivity contribution in [3.63, 3.8) is 0 Å². The molecule has 1 heterocycles. The quantitative estimate of drug-likeness (QED) is 0.473. The molecule has 1 saturated carbocycles. The van der Waals surface area contributed by atoms with Gasteiger partial charge in [-0.05, 0) is 66.8 Å². The fraction of sp³-hybridized carbons (Fsp3) is 0.286. The van der Waals surface area contributed by atoms with Gasteiger partial charge in [0.1, 0.15) is 11.4 Å². The number of halogens is 1. The predicted molar refractivity (Wildman–Crippen MR) is 127 cm³/mol. The fourth-order valence-corrected chi connectivity index (χ4v) is 5.04. The van der Waals surface area contributed by atoms with Crippen LogP contribution >= 0.6 is 0 Å². The topological polar surface area (TPSA) is 64.3 Å². The average molecular weight is 457 g/mol. The zero-order valence-electron chi connectivity index (χ0n) is 19.1. The second-order valence-electron chi connectivity index (χ2n) is 9.14. The van der Waals surface area contributed by atoms with Crippen LogP contribution in [0.3, 0.4) is 0 Å². The van der Waals surface area contributed by atoms with Crippen LogP contribution in [-0.2, 0) is 22.4 Å². The van der Waals surface area contributed by atoms with Gasteiger partial charge in [0.25, 0.3) is 0 Å². The summed E-state index contributed by atoms with van der Waals surface area (Å²) in [6.45, 7) is 2.05. The second kappa shape index (κ2) is 8.27. The van der Waals surface area contributed by atoms with Crippen LogP contribution in [0.5, 0.6) is 0 Å². The molecule has 1 aromatic heterocycles. The average Bonchev–Trinajstić information content (AvgIpc) is 3.35. The number of fused-ring (bicyclic) bond motifs is 2. The maximum absolute atomic E-state index is 13.4. The van der Waals surface area contributed by atoms with Crippen molar-refractivity contribution in [2.45, 2.75) is 38.2 Å². The van der Waals surface area contributed by atoms with E-state index in [-0.39, 0.29) is 18.2 Å². The van der Waals surface area contributed by atoms with Crippen LogP contribution in [0, 0.1) is 23.1 Å². The summed E-state index contributed by atoms with van der Waals surface area (Å²) in [5.41, 5.74) is 3.61. The van der Waals surface area contributed by atoms with Crippen LogP contribution in [0.15, 0.2) is 60.3 Å². The summed E-state index contributed by atoms with van der Waals surface area (Å²) in [6.07, 6.45) is 5.89. The van der Waals surface area contributed by atoms with E-state index in [0.717, 1.165) is 34.5 Å². The minimum Gasteiger partial charge on any atom is -0.469 e. The molecule has 2 atom stereocenters. The van der Waals surface area contributed by atoms with Gasteiger partial charge in [0.15, 0.2) is 0 Å². The maximum Gasteiger partial charge on any atom is 0.310 e. The number of esters is 1. The Bertz CT molecular complexity index is 1360. The van der Waals surface area contributed by atoms with E-state index in [1.807, 2.05) is 35.1 Å². The third kappa shape index (κ3) is 3.63. The van der Waals surface area contributed by atoms with Gasteiger partial charge in [0, 0.05) is 11.0 Å². The number of ether oxygens (including phenoxy) is 1. The Kier molecular flexibility index (Phi) is 5.38. The highest BCUT2D eigenvalue weighted by molar-refractivity contribution is 5.73. The van der Waals surface area contributed by atoms with Gasteiger partial charge >= 0.3 is 5.97 Å². The summed E-state index contributed by atoms with van der Waals surface area (Å²) in [5, 5.41) is 16.3.